The van der Waals surface area contributed by atoms with Crippen molar-refractivity contribution in [2.75, 3.05) is 0 Å². The van der Waals surface area contributed by atoms with Gasteiger partial charge in [0.15, 0.2) is 0 Å². The van der Waals surface area contributed by atoms with Crippen molar-refractivity contribution in [3.8, 4) is 0 Å². The zero-order valence-electron chi connectivity index (χ0n) is 14.6. The highest BCUT2D eigenvalue weighted by atomic mass is 16.2. The third-order valence-electron chi connectivity index (χ3n) is 3.62. The van der Waals surface area contributed by atoms with Crippen LogP contribution in [0.2, 0.25) is 0 Å². The fourth-order valence-electron chi connectivity index (χ4n) is 2.29. The Balaban J connectivity index is 4.43. The molecule has 0 saturated heterocycles. The molecule has 4 N–H and O–H groups in total. The smallest absolute Gasteiger partial charge is 0.243 e. The lowest BCUT2D eigenvalue weighted by molar-refractivity contribution is -0.131. The van der Waals surface area contributed by atoms with Crippen LogP contribution in [0.1, 0.15) is 59.3 Å². The van der Waals surface area contributed by atoms with Gasteiger partial charge >= 0.3 is 0 Å². The van der Waals surface area contributed by atoms with Gasteiger partial charge in [-0.05, 0) is 25.2 Å². The van der Waals surface area contributed by atoms with Crippen molar-refractivity contribution in [1.82, 2.24) is 10.6 Å². The maximum atomic E-state index is 12.3. The average molecular weight is 325 g/mol. The summed E-state index contributed by atoms with van der Waals surface area (Å²) in [6.07, 6.45) is 7.33. The first-order valence-corrected chi connectivity index (χ1v) is 8.27. The Kier molecular flexibility index (Phi) is 10.7. The van der Waals surface area contributed by atoms with Crippen LogP contribution in [-0.4, -0.2) is 29.8 Å². The molecule has 0 bridgehead atoms. The molecule has 0 aromatic heterocycles. The number of nitrogens with one attached hydrogen (secondary N) is 2. The van der Waals surface area contributed by atoms with Gasteiger partial charge in [0.05, 0.1) is 0 Å². The average Bonchev–Trinajstić information content (AvgIpc) is 2.46. The van der Waals surface area contributed by atoms with E-state index in [1.54, 1.807) is 0 Å². The van der Waals surface area contributed by atoms with Crippen molar-refractivity contribution in [2.24, 2.45) is 11.7 Å². The summed E-state index contributed by atoms with van der Waals surface area (Å²) in [6, 6.07) is -1.36. The molecule has 0 aliphatic heterocycles. The van der Waals surface area contributed by atoms with Crippen molar-refractivity contribution < 1.29 is 14.4 Å². The molecule has 0 aromatic carbocycles. The Morgan fingerprint density at radius 3 is 2.17 bits per heavy atom. The summed E-state index contributed by atoms with van der Waals surface area (Å²) < 4.78 is 0. The number of unbranched alkanes of at least 4 members (excludes halogenated alkanes) is 4. The van der Waals surface area contributed by atoms with Gasteiger partial charge in [-0.15, -0.1) is 6.58 Å². The SMILES string of the molecule is C=CCCCCCC[C@H](NC(=O)[C@H](NC(C)=O)C(C)C)C(N)=O. The number of allylic oxidation sites excluding steroid dienone is 1. The van der Waals surface area contributed by atoms with Crippen molar-refractivity contribution in [3.05, 3.63) is 12.7 Å². The molecule has 0 heterocycles. The number of nitrogens with two attached hydrogens (primary N) is 1. The molecule has 132 valence electrons. The van der Waals surface area contributed by atoms with Gasteiger partial charge in [0.1, 0.15) is 12.1 Å². The van der Waals surface area contributed by atoms with E-state index in [1.807, 2.05) is 19.9 Å². The van der Waals surface area contributed by atoms with E-state index in [0.717, 1.165) is 32.1 Å². The van der Waals surface area contributed by atoms with Gasteiger partial charge in [0.2, 0.25) is 17.7 Å². The van der Waals surface area contributed by atoms with Gasteiger partial charge in [-0.25, -0.2) is 0 Å². The zero-order chi connectivity index (χ0) is 17.8. The van der Waals surface area contributed by atoms with Crippen molar-refractivity contribution in [3.63, 3.8) is 0 Å². The Morgan fingerprint density at radius 1 is 1.09 bits per heavy atom. The quantitative estimate of drug-likeness (QED) is 0.375. The van der Waals surface area contributed by atoms with Crippen LogP contribution in [0.5, 0.6) is 0 Å². The molecule has 0 radical (unpaired) electrons. The highest BCUT2D eigenvalue weighted by molar-refractivity contribution is 5.91. The number of hydrogen-bond donors (Lipinski definition) is 3. The molecule has 3 amide bonds. The first kappa shape index (κ1) is 21.1. The molecule has 0 spiro atoms. The second-order valence-corrected chi connectivity index (χ2v) is 6.17. The van der Waals surface area contributed by atoms with E-state index < -0.39 is 18.0 Å². The number of carbonyl (C=O) groups excluding carboxylic acids is 3. The largest absolute Gasteiger partial charge is 0.368 e. The summed E-state index contributed by atoms with van der Waals surface area (Å²) in [5.74, 6) is -1.27. The van der Waals surface area contributed by atoms with E-state index in [4.69, 9.17) is 5.73 Å². The molecule has 2 atom stereocenters. The third kappa shape index (κ3) is 9.71. The maximum Gasteiger partial charge on any atom is 0.243 e. The summed E-state index contributed by atoms with van der Waals surface area (Å²) in [7, 11) is 0. The Labute approximate surface area is 139 Å². The molecule has 0 rings (SSSR count). The minimum atomic E-state index is -0.697. The highest BCUT2D eigenvalue weighted by Gasteiger charge is 2.26. The third-order valence-corrected chi connectivity index (χ3v) is 3.62. The second kappa shape index (κ2) is 11.7. The Hall–Kier alpha value is -1.85. The van der Waals surface area contributed by atoms with E-state index in [2.05, 4.69) is 17.2 Å². The summed E-state index contributed by atoms with van der Waals surface area (Å²) in [6.45, 7) is 8.70. The normalized spacial score (nSPS) is 13.2. The van der Waals surface area contributed by atoms with E-state index in [0.29, 0.717) is 6.42 Å². The summed E-state index contributed by atoms with van der Waals surface area (Å²) in [5, 5.41) is 5.26. The van der Waals surface area contributed by atoms with Crippen LogP contribution in [0.15, 0.2) is 12.7 Å². The second-order valence-electron chi connectivity index (χ2n) is 6.17. The minimum Gasteiger partial charge on any atom is -0.368 e. The number of carbonyl (C=O) groups is 3. The maximum absolute atomic E-state index is 12.3. The molecule has 6 heteroatoms. The molecular formula is C17H31N3O3. The monoisotopic (exact) mass is 325 g/mol. The van der Waals surface area contributed by atoms with Crippen LogP contribution in [-0.2, 0) is 14.4 Å². The molecule has 0 aliphatic carbocycles. The topological polar surface area (TPSA) is 101 Å². The summed E-state index contributed by atoms with van der Waals surface area (Å²) in [5.41, 5.74) is 5.37. The molecule has 6 nitrogen and oxygen atoms in total. The van der Waals surface area contributed by atoms with E-state index in [-0.39, 0.29) is 17.7 Å². The van der Waals surface area contributed by atoms with Gasteiger partial charge in [-0.1, -0.05) is 39.2 Å². The number of rotatable bonds is 12. The lowest BCUT2D eigenvalue weighted by Gasteiger charge is -2.24. The molecule has 0 fully saturated rings. The summed E-state index contributed by atoms with van der Waals surface area (Å²) in [4.78, 5) is 35.0. The first-order chi connectivity index (χ1) is 10.8. The predicted molar refractivity (Wildman–Crippen MR) is 91.5 cm³/mol. The Morgan fingerprint density at radius 2 is 1.70 bits per heavy atom. The lowest BCUT2D eigenvalue weighted by atomic mass is 10.0. The van der Waals surface area contributed by atoms with Crippen LogP contribution in [0.4, 0.5) is 0 Å². The number of hydrogen-bond acceptors (Lipinski definition) is 3. The van der Waals surface area contributed by atoms with Crippen molar-refractivity contribution in [1.29, 1.82) is 0 Å². The van der Waals surface area contributed by atoms with Crippen molar-refractivity contribution in [2.45, 2.75) is 71.4 Å². The van der Waals surface area contributed by atoms with Crippen LogP contribution < -0.4 is 16.4 Å². The molecule has 0 saturated carbocycles. The fourth-order valence-corrected chi connectivity index (χ4v) is 2.29. The summed E-state index contributed by atoms with van der Waals surface area (Å²) >= 11 is 0. The van der Waals surface area contributed by atoms with Gasteiger partial charge in [0.25, 0.3) is 0 Å². The van der Waals surface area contributed by atoms with Gasteiger partial charge in [-0.2, -0.15) is 0 Å². The first-order valence-electron chi connectivity index (χ1n) is 8.27. The van der Waals surface area contributed by atoms with Crippen LogP contribution in [0, 0.1) is 5.92 Å². The number of primary amides is 1. The predicted octanol–water partition coefficient (Wildman–Crippen LogP) is 1.64. The van der Waals surface area contributed by atoms with E-state index in [9.17, 15) is 14.4 Å². The van der Waals surface area contributed by atoms with Gasteiger partial charge in [-0.3, -0.25) is 14.4 Å². The van der Waals surface area contributed by atoms with Crippen LogP contribution >= 0.6 is 0 Å². The minimum absolute atomic E-state index is 0.0775. The standard InChI is InChI=1S/C17H31N3O3/c1-5-6-7-8-9-10-11-14(16(18)22)20-17(23)15(12(2)3)19-13(4)21/h5,12,14-15H,1,6-11H2,2-4H3,(H2,18,22)(H,19,21)(H,20,23)/t14-,15+/m0/s1. The van der Waals surface area contributed by atoms with Crippen LogP contribution in [0.25, 0.3) is 0 Å². The fraction of sp³-hybridized carbons (Fsp3) is 0.706. The lowest BCUT2D eigenvalue weighted by Crippen LogP contribution is -2.54. The Bertz CT molecular complexity index is 408. The van der Waals surface area contributed by atoms with Crippen LogP contribution in [0.3, 0.4) is 0 Å². The van der Waals surface area contributed by atoms with E-state index >= 15 is 0 Å². The number of amides is 3. The van der Waals surface area contributed by atoms with E-state index in [1.165, 1.54) is 6.92 Å². The molecule has 23 heavy (non-hydrogen) atoms. The van der Waals surface area contributed by atoms with Gasteiger partial charge < -0.3 is 16.4 Å². The molecular weight excluding hydrogens is 294 g/mol. The van der Waals surface area contributed by atoms with Gasteiger partial charge in [0, 0.05) is 6.92 Å². The molecule has 0 aromatic rings. The van der Waals surface area contributed by atoms with Crippen molar-refractivity contribution >= 4 is 17.7 Å². The highest BCUT2D eigenvalue weighted by Crippen LogP contribution is 2.09. The zero-order valence-corrected chi connectivity index (χ0v) is 14.6. The molecule has 0 unspecified atom stereocenters. The molecule has 0 aliphatic rings.